The van der Waals surface area contributed by atoms with Gasteiger partial charge in [0.05, 0.1) is 6.61 Å². The lowest BCUT2D eigenvalue weighted by molar-refractivity contribution is 0.185. The maximum Gasteiger partial charge on any atom is 0.191 e. The summed E-state index contributed by atoms with van der Waals surface area (Å²) in [5.74, 6) is 0.797. The summed E-state index contributed by atoms with van der Waals surface area (Å²) in [6.07, 6.45) is 0. The molecular weight excluding hydrogens is 286 g/mol. The lowest BCUT2D eigenvalue weighted by Gasteiger charge is -2.13. The molecular formula is C19H25N3O. The first-order chi connectivity index (χ1) is 11.2. The predicted molar refractivity (Wildman–Crippen MR) is 95.4 cm³/mol. The van der Waals surface area contributed by atoms with Gasteiger partial charge in [0.2, 0.25) is 0 Å². The van der Waals surface area contributed by atoms with E-state index in [-0.39, 0.29) is 0 Å². The van der Waals surface area contributed by atoms with Gasteiger partial charge in [-0.3, -0.25) is 4.99 Å². The average molecular weight is 311 g/mol. The van der Waals surface area contributed by atoms with E-state index in [9.17, 15) is 0 Å². The molecule has 0 aromatic heterocycles. The molecule has 4 nitrogen and oxygen atoms in total. The smallest absolute Gasteiger partial charge is 0.191 e. The molecule has 2 aromatic carbocycles. The Morgan fingerprint density at radius 2 is 1.74 bits per heavy atom. The molecule has 0 unspecified atom stereocenters. The van der Waals surface area contributed by atoms with Crippen LogP contribution in [0.5, 0.6) is 0 Å². The highest BCUT2D eigenvalue weighted by atomic mass is 16.5. The van der Waals surface area contributed by atoms with Crippen LogP contribution in [-0.2, 0) is 24.4 Å². The van der Waals surface area contributed by atoms with Crippen LogP contribution in [0.25, 0.3) is 0 Å². The van der Waals surface area contributed by atoms with E-state index in [1.54, 1.807) is 14.2 Å². The van der Waals surface area contributed by atoms with Crippen molar-refractivity contribution < 1.29 is 4.74 Å². The van der Waals surface area contributed by atoms with Gasteiger partial charge < -0.3 is 15.4 Å². The number of nitrogens with zero attached hydrogens (tertiary/aromatic N) is 1. The van der Waals surface area contributed by atoms with Crippen LogP contribution in [0.15, 0.2) is 53.5 Å². The minimum atomic E-state index is 0.633. The summed E-state index contributed by atoms with van der Waals surface area (Å²) in [5, 5.41) is 6.69. The zero-order valence-electron chi connectivity index (χ0n) is 14.1. The Balaban J connectivity index is 1.88. The summed E-state index contributed by atoms with van der Waals surface area (Å²) in [5.41, 5.74) is 4.94. The van der Waals surface area contributed by atoms with Gasteiger partial charge in [-0.2, -0.15) is 0 Å². The first kappa shape index (κ1) is 17.0. The molecule has 2 N–H and O–H groups in total. The van der Waals surface area contributed by atoms with Crippen molar-refractivity contribution in [2.24, 2.45) is 4.99 Å². The van der Waals surface area contributed by atoms with Crippen LogP contribution in [0.4, 0.5) is 0 Å². The highest BCUT2D eigenvalue weighted by molar-refractivity contribution is 5.79. The highest BCUT2D eigenvalue weighted by Gasteiger charge is 2.01. The quantitative estimate of drug-likeness (QED) is 0.637. The SMILES string of the molecule is CN=C(NCc1cccc(COC)c1)NCc1ccccc1C. The third-order valence-electron chi connectivity index (χ3n) is 3.69. The van der Waals surface area contributed by atoms with Crippen molar-refractivity contribution in [2.75, 3.05) is 14.2 Å². The normalized spacial score (nSPS) is 11.3. The number of nitrogens with one attached hydrogen (secondary N) is 2. The molecule has 0 saturated heterocycles. The molecule has 2 aromatic rings. The minimum absolute atomic E-state index is 0.633. The number of ether oxygens (including phenoxy) is 1. The summed E-state index contributed by atoms with van der Waals surface area (Å²) in [7, 11) is 3.50. The number of rotatable bonds is 6. The summed E-state index contributed by atoms with van der Waals surface area (Å²) >= 11 is 0. The lowest BCUT2D eigenvalue weighted by Crippen LogP contribution is -2.36. The van der Waals surface area contributed by atoms with Gasteiger partial charge in [0.15, 0.2) is 5.96 Å². The molecule has 0 amide bonds. The van der Waals surface area contributed by atoms with E-state index >= 15 is 0 Å². The van der Waals surface area contributed by atoms with Crippen LogP contribution in [0.2, 0.25) is 0 Å². The Kier molecular flexibility index (Phi) is 6.63. The van der Waals surface area contributed by atoms with Crippen LogP contribution in [0.3, 0.4) is 0 Å². The molecule has 0 bridgehead atoms. The fourth-order valence-electron chi connectivity index (χ4n) is 2.39. The van der Waals surface area contributed by atoms with Crippen molar-refractivity contribution in [3.05, 3.63) is 70.8 Å². The third-order valence-corrected chi connectivity index (χ3v) is 3.69. The molecule has 122 valence electrons. The number of guanidine groups is 1. The van der Waals surface area contributed by atoms with Gasteiger partial charge >= 0.3 is 0 Å². The van der Waals surface area contributed by atoms with Gasteiger partial charge in [0, 0.05) is 27.2 Å². The first-order valence-electron chi connectivity index (χ1n) is 7.78. The van der Waals surface area contributed by atoms with Crippen molar-refractivity contribution >= 4 is 5.96 Å². The Hall–Kier alpha value is -2.33. The Bertz CT molecular complexity index is 653. The van der Waals surface area contributed by atoms with Gasteiger partial charge in [0.1, 0.15) is 0 Å². The summed E-state index contributed by atoms with van der Waals surface area (Å²) in [6.45, 7) is 4.24. The van der Waals surface area contributed by atoms with Crippen LogP contribution < -0.4 is 10.6 Å². The minimum Gasteiger partial charge on any atom is -0.380 e. The number of aryl methyl sites for hydroxylation is 1. The molecule has 0 aliphatic carbocycles. The molecule has 0 fully saturated rings. The maximum absolute atomic E-state index is 5.17. The van der Waals surface area contributed by atoms with Crippen LogP contribution in [0.1, 0.15) is 22.3 Å². The van der Waals surface area contributed by atoms with Crippen LogP contribution in [-0.4, -0.2) is 20.1 Å². The van der Waals surface area contributed by atoms with E-state index < -0.39 is 0 Å². The molecule has 0 atom stereocenters. The van der Waals surface area contributed by atoms with E-state index in [4.69, 9.17) is 4.74 Å². The maximum atomic E-state index is 5.17. The monoisotopic (exact) mass is 311 g/mol. The van der Waals surface area contributed by atoms with Crippen molar-refractivity contribution in [3.63, 3.8) is 0 Å². The molecule has 4 heteroatoms. The summed E-state index contributed by atoms with van der Waals surface area (Å²) < 4.78 is 5.17. The molecule has 23 heavy (non-hydrogen) atoms. The molecule has 0 heterocycles. The molecule has 0 aliphatic heterocycles. The van der Waals surface area contributed by atoms with E-state index in [1.165, 1.54) is 22.3 Å². The number of aliphatic imine (C=N–C) groups is 1. The van der Waals surface area contributed by atoms with E-state index in [2.05, 4.69) is 71.1 Å². The number of hydrogen-bond acceptors (Lipinski definition) is 2. The summed E-state index contributed by atoms with van der Waals surface area (Å²) in [6, 6.07) is 16.7. The molecule has 0 radical (unpaired) electrons. The fourth-order valence-corrected chi connectivity index (χ4v) is 2.39. The average Bonchev–Trinajstić information content (AvgIpc) is 2.57. The second kappa shape index (κ2) is 8.96. The van der Waals surface area contributed by atoms with Crippen LogP contribution in [0, 0.1) is 6.92 Å². The third kappa shape index (κ3) is 5.42. The first-order valence-corrected chi connectivity index (χ1v) is 7.78. The summed E-state index contributed by atoms with van der Waals surface area (Å²) in [4.78, 5) is 4.28. The second-order valence-electron chi connectivity index (χ2n) is 5.46. The predicted octanol–water partition coefficient (Wildman–Crippen LogP) is 3.01. The topological polar surface area (TPSA) is 45.7 Å². The number of benzene rings is 2. The van der Waals surface area contributed by atoms with Gasteiger partial charge in [-0.1, -0.05) is 48.5 Å². The van der Waals surface area contributed by atoms with E-state index in [0.717, 1.165) is 19.0 Å². The second-order valence-corrected chi connectivity index (χ2v) is 5.46. The number of methoxy groups -OCH3 is 1. The zero-order chi connectivity index (χ0) is 16.5. The standard InChI is InChI=1S/C19H25N3O/c1-15-7-4-5-10-18(15)13-22-19(20-2)21-12-16-8-6-9-17(11-16)14-23-3/h4-11H,12-14H2,1-3H3,(H2,20,21,22). The highest BCUT2D eigenvalue weighted by Crippen LogP contribution is 2.07. The van der Waals surface area contributed by atoms with Crippen molar-refractivity contribution in [1.29, 1.82) is 0 Å². The Morgan fingerprint density at radius 1 is 1.00 bits per heavy atom. The molecule has 2 rings (SSSR count). The molecule has 0 aliphatic rings. The Labute approximate surface area is 138 Å². The van der Waals surface area contributed by atoms with Gasteiger partial charge in [-0.05, 0) is 29.2 Å². The molecule has 0 spiro atoms. The van der Waals surface area contributed by atoms with Crippen molar-refractivity contribution in [3.8, 4) is 0 Å². The van der Waals surface area contributed by atoms with E-state index in [0.29, 0.717) is 6.61 Å². The van der Waals surface area contributed by atoms with Crippen LogP contribution >= 0.6 is 0 Å². The zero-order valence-corrected chi connectivity index (χ0v) is 14.1. The van der Waals surface area contributed by atoms with Gasteiger partial charge in [-0.25, -0.2) is 0 Å². The Morgan fingerprint density at radius 3 is 2.48 bits per heavy atom. The van der Waals surface area contributed by atoms with E-state index in [1.807, 2.05) is 0 Å². The van der Waals surface area contributed by atoms with Gasteiger partial charge in [-0.15, -0.1) is 0 Å². The van der Waals surface area contributed by atoms with Crippen molar-refractivity contribution in [2.45, 2.75) is 26.6 Å². The van der Waals surface area contributed by atoms with Gasteiger partial charge in [0.25, 0.3) is 0 Å². The number of hydrogen-bond donors (Lipinski definition) is 2. The largest absolute Gasteiger partial charge is 0.380 e. The van der Waals surface area contributed by atoms with Crippen molar-refractivity contribution in [1.82, 2.24) is 10.6 Å². The lowest BCUT2D eigenvalue weighted by atomic mass is 10.1. The molecule has 0 saturated carbocycles. The fraction of sp³-hybridized carbons (Fsp3) is 0.316.